The SMILES string of the molecule is Cc1ccncc1-c1cc2cc(NC(=O)[C@H]3C[C@@H]3C#N)ncc2c(N)c1F. The molecule has 2 heterocycles. The summed E-state index contributed by atoms with van der Waals surface area (Å²) in [5.74, 6) is -0.926. The number of nitrogen functional groups attached to an aromatic ring is 1. The molecular formula is C20H16FN5O. The molecule has 6 nitrogen and oxygen atoms in total. The molecule has 0 spiro atoms. The quantitative estimate of drug-likeness (QED) is 0.696. The molecule has 27 heavy (non-hydrogen) atoms. The first kappa shape index (κ1) is 16.9. The number of nitriles is 1. The van der Waals surface area contributed by atoms with E-state index in [1.807, 2.05) is 6.92 Å². The third kappa shape index (κ3) is 2.95. The van der Waals surface area contributed by atoms with Crippen LogP contribution in [0.4, 0.5) is 15.9 Å². The number of nitrogens with one attached hydrogen (secondary N) is 1. The minimum atomic E-state index is -0.521. The fraction of sp³-hybridized carbons (Fsp3) is 0.200. The van der Waals surface area contributed by atoms with E-state index in [1.54, 1.807) is 30.6 Å². The predicted octanol–water partition coefficient (Wildman–Crippen LogP) is 3.42. The standard InChI is InChI=1S/C20H16FN5O/c1-10-2-3-24-8-15(10)14-4-11-6-17(25-9-16(11)19(23)18(14)21)26-20(27)13-5-12(13)7-22/h2-4,6,8-9,12-13H,5,23H2,1H3,(H,25,26,27)/t12-,13+/m1/s1. The monoisotopic (exact) mass is 361 g/mol. The summed E-state index contributed by atoms with van der Waals surface area (Å²) < 4.78 is 14.8. The van der Waals surface area contributed by atoms with Crippen LogP contribution in [0.3, 0.4) is 0 Å². The number of aryl methyl sites for hydroxylation is 1. The van der Waals surface area contributed by atoms with Gasteiger partial charge < -0.3 is 11.1 Å². The number of pyridine rings is 2. The summed E-state index contributed by atoms with van der Waals surface area (Å²) >= 11 is 0. The van der Waals surface area contributed by atoms with Gasteiger partial charge in [0.05, 0.1) is 23.6 Å². The molecule has 0 radical (unpaired) electrons. The van der Waals surface area contributed by atoms with Crippen LogP contribution < -0.4 is 11.1 Å². The van der Waals surface area contributed by atoms with Crippen LogP contribution in [0.1, 0.15) is 12.0 Å². The maximum absolute atomic E-state index is 14.8. The molecule has 2 atom stereocenters. The van der Waals surface area contributed by atoms with Gasteiger partial charge in [-0.3, -0.25) is 9.78 Å². The summed E-state index contributed by atoms with van der Waals surface area (Å²) in [7, 11) is 0. The van der Waals surface area contributed by atoms with Crippen molar-refractivity contribution >= 4 is 28.2 Å². The van der Waals surface area contributed by atoms with Crippen LogP contribution in [-0.2, 0) is 4.79 Å². The molecule has 0 unspecified atom stereocenters. The Kier molecular flexibility index (Phi) is 3.96. The van der Waals surface area contributed by atoms with Crippen LogP contribution in [0.25, 0.3) is 21.9 Å². The van der Waals surface area contributed by atoms with Gasteiger partial charge in [0.2, 0.25) is 5.91 Å². The van der Waals surface area contributed by atoms with E-state index in [4.69, 9.17) is 11.0 Å². The Morgan fingerprint density at radius 2 is 2.19 bits per heavy atom. The van der Waals surface area contributed by atoms with Crippen LogP contribution in [0.2, 0.25) is 0 Å². The smallest absolute Gasteiger partial charge is 0.230 e. The number of nitrogens with zero attached hydrogens (tertiary/aromatic N) is 3. The summed E-state index contributed by atoms with van der Waals surface area (Å²) in [4.78, 5) is 20.4. The highest BCUT2D eigenvalue weighted by Crippen LogP contribution is 2.39. The lowest BCUT2D eigenvalue weighted by Gasteiger charge is -2.12. The molecule has 1 saturated carbocycles. The lowest BCUT2D eigenvalue weighted by Crippen LogP contribution is -2.15. The second-order valence-electron chi connectivity index (χ2n) is 6.70. The maximum atomic E-state index is 14.8. The number of aromatic nitrogens is 2. The van der Waals surface area contributed by atoms with Crippen molar-refractivity contribution in [2.24, 2.45) is 11.8 Å². The Morgan fingerprint density at radius 1 is 1.37 bits per heavy atom. The normalized spacial score (nSPS) is 18.1. The topological polar surface area (TPSA) is 105 Å². The first-order chi connectivity index (χ1) is 13.0. The number of hydrogen-bond donors (Lipinski definition) is 2. The minimum Gasteiger partial charge on any atom is -0.396 e. The molecule has 1 aliphatic carbocycles. The van der Waals surface area contributed by atoms with E-state index < -0.39 is 5.82 Å². The van der Waals surface area contributed by atoms with Gasteiger partial charge >= 0.3 is 0 Å². The van der Waals surface area contributed by atoms with Gasteiger partial charge in [-0.1, -0.05) is 0 Å². The van der Waals surface area contributed by atoms with Gasteiger partial charge in [0.15, 0.2) is 5.82 Å². The maximum Gasteiger partial charge on any atom is 0.230 e. The average molecular weight is 361 g/mol. The number of carbonyl (C=O) groups is 1. The summed E-state index contributed by atoms with van der Waals surface area (Å²) in [5, 5.41) is 12.7. The number of carbonyl (C=O) groups excluding carboxylic acids is 1. The van der Waals surface area contributed by atoms with Crippen LogP contribution >= 0.6 is 0 Å². The largest absolute Gasteiger partial charge is 0.396 e. The highest BCUT2D eigenvalue weighted by atomic mass is 19.1. The number of amides is 1. The Balaban J connectivity index is 1.75. The van der Waals surface area contributed by atoms with Crippen LogP contribution in [0.15, 0.2) is 36.8 Å². The highest BCUT2D eigenvalue weighted by molar-refractivity contribution is 6.00. The second-order valence-corrected chi connectivity index (χ2v) is 6.70. The van der Waals surface area contributed by atoms with Crippen molar-refractivity contribution in [3.05, 3.63) is 48.2 Å². The zero-order valence-electron chi connectivity index (χ0n) is 14.5. The number of anilines is 2. The molecule has 4 rings (SSSR count). The van der Waals surface area contributed by atoms with E-state index >= 15 is 0 Å². The highest BCUT2D eigenvalue weighted by Gasteiger charge is 2.43. The summed E-state index contributed by atoms with van der Waals surface area (Å²) in [6.45, 7) is 1.87. The van der Waals surface area contributed by atoms with Crippen molar-refractivity contribution in [3.8, 4) is 17.2 Å². The van der Waals surface area contributed by atoms with Crippen LogP contribution in [0.5, 0.6) is 0 Å². The van der Waals surface area contributed by atoms with Crippen molar-refractivity contribution in [1.29, 1.82) is 5.26 Å². The first-order valence-corrected chi connectivity index (χ1v) is 8.48. The fourth-order valence-corrected chi connectivity index (χ4v) is 3.15. The van der Waals surface area contributed by atoms with Crippen molar-refractivity contribution in [2.45, 2.75) is 13.3 Å². The molecule has 1 amide bonds. The van der Waals surface area contributed by atoms with E-state index in [1.165, 1.54) is 6.20 Å². The molecule has 134 valence electrons. The van der Waals surface area contributed by atoms with Crippen molar-refractivity contribution in [3.63, 3.8) is 0 Å². The third-order valence-corrected chi connectivity index (χ3v) is 4.87. The van der Waals surface area contributed by atoms with Gasteiger partial charge in [-0.25, -0.2) is 9.37 Å². The molecule has 0 aliphatic heterocycles. The number of benzene rings is 1. The van der Waals surface area contributed by atoms with Gasteiger partial charge in [-0.2, -0.15) is 5.26 Å². The van der Waals surface area contributed by atoms with Gasteiger partial charge in [0, 0.05) is 35.1 Å². The first-order valence-electron chi connectivity index (χ1n) is 8.48. The number of rotatable bonds is 3. The van der Waals surface area contributed by atoms with Crippen molar-refractivity contribution in [1.82, 2.24) is 9.97 Å². The Hall–Kier alpha value is -3.53. The minimum absolute atomic E-state index is 0.00265. The number of hydrogen-bond acceptors (Lipinski definition) is 5. The lowest BCUT2D eigenvalue weighted by molar-refractivity contribution is -0.117. The number of nitrogens with two attached hydrogens (primary N) is 1. The lowest BCUT2D eigenvalue weighted by atomic mass is 9.98. The molecule has 2 aromatic heterocycles. The van der Waals surface area contributed by atoms with Gasteiger partial charge in [0.25, 0.3) is 0 Å². The van der Waals surface area contributed by atoms with Gasteiger partial charge in [-0.05, 0) is 42.5 Å². The van der Waals surface area contributed by atoms with Crippen molar-refractivity contribution in [2.75, 3.05) is 11.1 Å². The molecule has 1 aromatic carbocycles. The third-order valence-electron chi connectivity index (χ3n) is 4.87. The van der Waals surface area contributed by atoms with Crippen LogP contribution in [0, 0.1) is 35.9 Å². The van der Waals surface area contributed by atoms with E-state index in [2.05, 4.69) is 21.4 Å². The summed E-state index contributed by atoms with van der Waals surface area (Å²) in [6, 6.07) is 7.22. The fourth-order valence-electron chi connectivity index (χ4n) is 3.15. The Bertz CT molecular complexity index is 1120. The van der Waals surface area contributed by atoms with Gasteiger partial charge in [0.1, 0.15) is 5.82 Å². The number of halogens is 1. The van der Waals surface area contributed by atoms with E-state index in [-0.39, 0.29) is 23.4 Å². The summed E-state index contributed by atoms with van der Waals surface area (Å²) in [5.41, 5.74) is 7.87. The van der Waals surface area contributed by atoms with Crippen molar-refractivity contribution < 1.29 is 9.18 Å². The Morgan fingerprint density at radius 3 is 2.89 bits per heavy atom. The molecular weight excluding hydrogens is 345 g/mol. The predicted molar refractivity (Wildman–Crippen MR) is 99.9 cm³/mol. The molecule has 0 saturated heterocycles. The second kappa shape index (κ2) is 6.32. The average Bonchev–Trinajstić information content (AvgIpc) is 3.45. The van der Waals surface area contributed by atoms with Gasteiger partial charge in [-0.15, -0.1) is 0 Å². The van der Waals surface area contributed by atoms with Crippen LogP contribution in [-0.4, -0.2) is 15.9 Å². The molecule has 7 heteroatoms. The van der Waals surface area contributed by atoms with E-state index in [0.29, 0.717) is 34.1 Å². The summed E-state index contributed by atoms with van der Waals surface area (Å²) in [6.07, 6.45) is 5.25. The number of fused-ring (bicyclic) bond motifs is 1. The molecule has 3 aromatic rings. The molecule has 1 aliphatic rings. The van der Waals surface area contributed by atoms with E-state index in [0.717, 1.165) is 5.56 Å². The Labute approximate surface area is 154 Å². The molecule has 1 fully saturated rings. The zero-order chi connectivity index (χ0) is 19.1. The zero-order valence-corrected chi connectivity index (χ0v) is 14.5. The van der Waals surface area contributed by atoms with E-state index in [9.17, 15) is 9.18 Å². The molecule has 0 bridgehead atoms. The molecule has 3 N–H and O–H groups in total.